The molecule has 2 aromatic carbocycles. The summed E-state index contributed by atoms with van der Waals surface area (Å²) in [5, 5.41) is 2.68. The van der Waals surface area contributed by atoms with Gasteiger partial charge in [-0.25, -0.2) is 4.98 Å². The Morgan fingerprint density at radius 2 is 1.83 bits per heavy atom. The fraction of sp³-hybridized carbons (Fsp3) is 0.250. The minimum absolute atomic E-state index is 0.00766. The second-order valence-electron chi connectivity index (χ2n) is 6.36. The third-order valence-electron chi connectivity index (χ3n) is 4.46. The molecule has 0 saturated heterocycles. The van der Waals surface area contributed by atoms with Crippen molar-refractivity contribution in [1.29, 1.82) is 0 Å². The lowest BCUT2D eigenvalue weighted by atomic mass is 10.2. The second-order valence-corrected chi connectivity index (χ2v) is 7.24. The molecule has 0 unspecified atom stereocenters. The topological polar surface area (TPSA) is 64.0 Å². The number of rotatable bonds is 5. The fourth-order valence-corrected chi connectivity index (χ4v) is 3.33. The second kappa shape index (κ2) is 8.28. The van der Waals surface area contributed by atoms with Crippen LogP contribution in [0.2, 0.25) is 0 Å². The number of amides is 1. The van der Waals surface area contributed by atoms with Crippen LogP contribution in [0, 0.1) is 0 Å². The summed E-state index contributed by atoms with van der Waals surface area (Å²) in [6, 6.07) is 12.3. The van der Waals surface area contributed by atoms with E-state index in [1.165, 1.54) is 25.1 Å². The highest BCUT2D eigenvalue weighted by Crippen LogP contribution is 2.27. The number of thioether (sulfide) groups is 1. The zero-order valence-electron chi connectivity index (χ0n) is 15.7. The van der Waals surface area contributed by atoms with Gasteiger partial charge in [-0.2, -0.15) is 13.2 Å². The molecule has 1 N–H and O–H groups in total. The molecule has 152 valence electrons. The minimum atomic E-state index is -4.92. The highest BCUT2D eigenvalue weighted by molar-refractivity contribution is 7.98. The Labute approximate surface area is 169 Å². The van der Waals surface area contributed by atoms with Gasteiger partial charge in [0, 0.05) is 11.4 Å². The van der Waals surface area contributed by atoms with Crippen molar-refractivity contribution >= 4 is 28.7 Å². The van der Waals surface area contributed by atoms with Gasteiger partial charge in [-0.05, 0) is 43.0 Å². The Balaban J connectivity index is 1.92. The molecule has 5 nitrogen and oxygen atoms in total. The normalized spacial score (nSPS) is 12.7. The number of nitrogens with one attached hydrogen (secondary N) is 1. The number of aromatic nitrogens is 2. The number of fused-ring (bicyclic) bond motifs is 1. The van der Waals surface area contributed by atoms with E-state index in [9.17, 15) is 22.8 Å². The Bertz CT molecular complexity index is 1090. The Morgan fingerprint density at radius 1 is 1.17 bits per heavy atom. The maximum atomic E-state index is 13.3. The van der Waals surface area contributed by atoms with Gasteiger partial charge in [0.1, 0.15) is 6.04 Å². The van der Waals surface area contributed by atoms with Crippen LogP contribution in [0.3, 0.4) is 0 Å². The number of halogens is 3. The first-order valence-electron chi connectivity index (χ1n) is 8.71. The van der Waals surface area contributed by atoms with E-state index < -0.39 is 29.4 Å². The van der Waals surface area contributed by atoms with Crippen LogP contribution < -0.4 is 10.9 Å². The highest BCUT2D eigenvalue weighted by atomic mass is 32.2. The van der Waals surface area contributed by atoms with Crippen LogP contribution in [0.4, 0.5) is 13.2 Å². The summed E-state index contributed by atoms with van der Waals surface area (Å²) in [6.45, 7) is 1.59. The van der Waals surface area contributed by atoms with E-state index in [1.54, 1.807) is 17.8 Å². The fourth-order valence-electron chi connectivity index (χ4n) is 2.92. The van der Waals surface area contributed by atoms with Crippen molar-refractivity contribution in [3.05, 3.63) is 70.1 Å². The van der Waals surface area contributed by atoms with Gasteiger partial charge in [0.2, 0.25) is 11.6 Å². The molecule has 0 fully saturated rings. The highest BCUT2D eigenvalue weighted by Gasteiger charge is 2.38. The number of hydrogen-bond donors (Lipinski definition) is 1. The molecule has 0 bridgehead atoms. The molecule has 1 amide bonds. The number of carbonyl (C=O) groups is 1. The zero-order valence-corrected chi connectivity index (χ0v) is 16.5. The van der Waals surface area contributed by atoms with E-state index in [0.29, 0.717) is 0 Å². The summed E-state index contributed by atoms with van der Waals surface area (Å²) >= 11 is 1.59. The van der Waals surface area contributed by atoms with E-state index >= 15 is 0 Å². The molecule has 1 heterocycles. The average molecular weight is 421 g/mol. The number of alkyl halides is 3. The first kappa shape index (κ1) is 20.9. The summed E-state index contributed by atoms with van der Waals surface area (Å²) in [5.41, 5.74) is -1.89. The SMILES string of the molecule is CSc1ccc(CNC(=O)[C@H](C)n2c(=O)c(C(F)(F)F)nc3ccccc32)cc1. The van der Waals surface area contributed by atoms with Crippen molar-refractivity contribution in [3.63, 3.8) is 0 Å². The maximum absolute atomic E-state index is 13.3. The number of para-hydroxylation sites is 2. The van der Waals surface area contributed by atoms with E-state index in [0.717, 1.165) is 15.0 Å². The van der Waals surface area contributed by atoms with Crippen molar-refractivity contribution in [2.75, 3.05) is 6.26 Å². The molecule has 29 heavy (non-hydrogen) atoms. The lowest BCUT2D eigenvalue weighted by Crippen LogP contribution is -2.38. The van der Waals surface area contributed by atoms with Crippen LogP contribution in [-0.4, -0.2) is 21.7 Å². The Kier molecular flexibility index (Phi) is 5.97. The maximum Gasteiger partial charge on any atom is 0.438 e. The number of hydrogen-bond acceptors (Lipinski definition) is 4. The third kappa shape index (κ3) is 4.45. The van der Waals surface area contributed by atoms with Crippen molar-refractivity contribution in [1.82, 2.24) is 14.9 Å². The Hall–Kier alpha value is -2.81. The van der Waals surface area contributed by atoms with Crippen molar-refractivity contribution in [2.24, 2.45) is 0 Å². The van der Waals surface area contributed by atoms with Gasteiger partial charge >= 0.3 is 6.18 Å². The zero-order chi connectivity index (χ0) is 21.2. The van der Waals surface area contributed by atoms with Gasteiger partial charge in [0.05, 0.1) is 11.0 Å². The molecule has 0 aliphatic carbocycles. The van der Waals surface area contributed by atoms with E-state index in [4.69, 9.17) is 0 Å². The van der Waals surface area contributed by atoms with E-state index in [1.807, 2.05) is 30.5 Å². The van der Waals surface area contributed by atoms with Crippen LogP contribution in [0.5, 0.6) is 0 Å². The van der Waals surface area contributed by atoms with Crippen molar-refractivity contribution in [3.8, 4) is 0 Å². The minimum Gasteiger partial charge on any atom is -0.350 e. The Morgan fingerprint density at radius 3 is 2.45 bits per heavy atom. The standard InChI is InChI=1S/C20H18F3N3O2S/c1-12(18(27)24-11-13-7-9-14(29-2)10-8-13)26-16-6-4-3-5-15(16)25-17(19(26)28)20(21,22)23/h3-10,12H,11H2,1-2H3,(H,24,27)/t12-/m0/s1. The summed E-state index contributed by atoms with van der Waals surface area (Å²) in [6.07, 6.45) is -2.97. The lowest BCUT2D eigenvalue weighted by molar-refractivity contribution is -0.142. The van der Waals surface area contributed by atoms with Crippen molar-refractivity contribution in [2.45, 2.75) is 30.6 Å². The third-order valence-corrected chi connectivity index (χ3v) is 5.20. The summed E-state index contributed by atoms with van der Waals surface area (Å²) in [7, 11) is 0. The molecule has 0 radical (unpaired) electrons. The largest absolute Gasteiger partial charge is 0.438 e. The molecular formula is C20H18F3N3O2S. The predicted molar refractivity (Wildman–Crippen MR) is 106 cm³/mol. The molecule has 1 aromatic heterocycles. The molecule has 1 atom stereocenters. The van der Waals surface area contributed by atoms with Gasteiger partial charge in [-0.3, -0.25) is 14.2 Å². The molecule has 3 aromatic rings. The van der Waals surface area contributed by atoms with Gasteiger partial charge in [-0.1, -0.05) is 24.3 Å². The monoisotopic (exact) mass is 421 g/mol. The molecule has 3 rings (SSSR count). The molecular weight excluding hydrogens is 403 g/mol. The smallest absolute Gasteiger partial charge is 0.350 e. The summed E-state index contributed by atoms with van der Waals surface area (Å²) in [5.74, 6) is -0.564. The van der Waals surface area contributed by atoms with Crippen LogP contribution in [-0.2, 0) is 17.5 Å². The van der Waals surface area contributed by atoms with Gasteiger partial charge in [0.15, 0.2) is 0 Å². The van der Waals surface area contributed by atoms with Crippen LogP contribution >= 0.6 is 11.8 Å². The van der Waals surface area contributed by atoms with Crippen molar-refractivity contribution < 1.29 is 18.0 Å². The molecule has 0 aliphatic heterocycles. The summed E-state index contributed by atoms with van der Waals surface area (Å²) in [4.78, 5) is 29.7. The van der Waals surface area contributed by atoms with Crippen LogP contribution in [0.15, 0.2) is 58.2 Å². The van der Waals surface area contributed by atoms with Gasteiger partial charge < -0.3 is 5.32 Å². The molecule has 9 heteroatoms. The number of nitrogens with zero attached hydrogens (tertiary/aromatic N) is 2. The first-order chi connectivity index (χ1) is 13.7. The molecule has 0 saturated carbocycles. The van der Waals surface area contributed by atoms with Crippen LogP contribution in [0.25, 0.3) is 11.0 Å². The number of carbonyl (C=O) groups excluding carboxylic acids is 1. The molecule has 0 aliphatic rings. The van der Waals surface area contributed by atoms with Crippen LogP contribution in [0.1, 0.15) is 24.2 Å². The van der Waals surface area contributed by atoms with Gasteiger partial charge in [-0.15, -0.1) is 11.8 Å². The quantitative estimate of drug-likeness (QED) is 0.632. The summed E-state index contributed by atoms with van der Waals surface area (Å²) < 4.78 is 40.7. The van der Waals surface area contributed by atoms with Gasteiger partial charge in [0.25, 0.3) is 5.56 Å². The van der Waals surface area contributed by atoms with E-state index in [-0.39, 0.29) is 17.6 Å². The average Bonchev–Trinajstić information content (AvgIpc) is 2.70. The predicted octanol–water partition coefficient (Wildman–Crippen LogP) is 4.01. The first-order valence-corrected chi connectivity index (χ1v) is 9.94. The van der Waals surface area contributed by atoms with E-state index in [2.05, 4.69) is 10.3 Å². The molecule has 0 spiro atoms. The lowest BCUT2D eigenvalue weighted by Gasteiger charge is -2.19. The number of benzene rings is 2.